The van der Waals surface area contributed by atoms with E-state index in [9.17, 15) is 0 Å². The molecule has 1 aromatic heterocycles. The van der Waals surface area contributed by atoms with E-state index in [1.807, 2.05) is 0 Å². The van der Waals surface area contributed by atoms with Gasteiger partial charge in [-0.2, -0.15) is 0 Å². The van der Waals surface area contributed by atoms with Crippen molar-refractivity contribution in [1.82, 2.24) is 15.0 Å². The van der Waals surface area contributed by atoms with E-state index in [1.165, 1.54) is 0 Å². The van der Waals surface area contributed by atoms with Crippen molar-refractivity contribution in [2.45, 2.75) is 13.0 Å². The molecule has 1 aromatic rings. The van der Waals surface area contributed by atoms with Gasteiger partial charge in [-0.25, -0.2) is 4.68 Å². The predicted molar refractivity (Wildman–Crippen MR) is 43.0 cm³/mol. The Morgan fingerprint density at radius 1 is 1.73 bits per heavy atom. The summed E-state index contributed by atoms with van der Waals surface area (Å²) in [5.74, 6) is 0. The van der Waals surface area contributed by atoms with Crippen LogP contribution in [0, 0.1) is 0 Å². The number of aromatic nitrogens is 3. The standard InChI is InChI=1S/C7H12N4/c1-2-5-11-7(3-4-8)6-9-10-11/h2,6H,1,3-5,8H2. The molecule has 0 spiro atoms. The average molecular weight is 152 g/mol. The summed E-state index contributed by atoms with van der Waals surface area (Å²) in [6, 6.07) is 0. The average Bonchev–Trinajstić information content (AvgIpc) is 2.39. The van der Waals surface area contributed by atoms with Crippen molar-refractivity contribution in [3.8, 4) is 0 Å². The Kier molecular flexibility index (Phi) is 2.80. The van der Waals surface area contributed by atoms with Gasteiger partial charge in [0.1, 0.15) is 0 Å². The highest BCUT2D eigenvalue weighted by molar-refractivity contribution is 4.95. The molecule has 1 heterocycles. The Balaban J connectivity index is 2.69. The maximum atomic E-state index is 5.39. The van der Waals surface area contributed by atoms with Gasteiger partial charge in [-0.05, 0) is 6.54 Å². The van der Waals surface area contributed by atoms with Gasteiger partial charge in [-0.15, -0.1) is 11.7 Å². The van der Waals surface area contributed by atoms with E-state index in [1.54, 1.807) is 17.0 Å². The van der Waals surface area contributed by atoms with Crippen molar-refractivity contribution >= 4 is 0 Å². The fourth-order valence-corrected chi connectivity index (χ4v) is 0.896. The first-order chi connectivity index (χ1) is 5.38. The van der Waals surface area contributed by atoms with Crippen LogP contribution in [0.2, 0.25) is 0 Å². The second-order valence-electron chi connectivity index (χ2n) is 2.23. The molecule has 0 saturated heterocycles. The van der Waals surface area contributed by atoms with Gasteiger partial charge in [0.25, 0.3) is 0 Å². The van der Waals surface area contributed by atoms with E-state index in [0.717, 1.165) is 12.1 Å². The molecule has 0 unspecified atom stereocenters. The molecule has 1 rings (SSSR count). The number of allylic oxidation sites excluding steroid dienone is 1. The normalized spacial score (nSPS) is 9.91. The summed E-state index contributed by atoms with van der Waals surface area (Å²) in [6.45, 7) is 4.95. The molecule has 0 bridgehead atoms. The molecule has 0 aliphatic heterocycles. The second-order valence-corrected chi connectivity index (χ2v) is 2.23. The summed E-state index contributed by atoms with van der Waals surface area (Å²) in [5, 5.41) is 7.63. The van der Waals surface area contributed by atoms with E-state index in [-0.39, 0.29) is 0 Å². The first-order valence-electron chi connectivity index (χ1n) is 3.57. The van der Waals surface area contributed by atoms with Gasteiger partial charge in [0.05, 0.1) is 18.4 Å². The molecule has 0 aromatic carbocycles. The van der Waals surface area contributed by atoms with Crippen LogP contribution in [0.3, 0.4) is 0 Å². The quantitative estimate of drug-likeness (QED) is 0.616. The lowest BCUT2D eigenvalue weighted by atomic mass is 10.3. The number of nitrogens with zero attached hydrogens (tertiary/aromatic N) is 3. The van der Waals surface area contributed by atoms with Crippen LogP contribution in [-0.2, 0) is 13.0 Å². The molecule has 2 N–H and O–H groups in total. The molecule has 0 aliphatic carbocycles. The highest BCUT2D eigenvalue weighted by Crippen LogP contribution is 1.95. The lowest BCUT2D eigenvalue weighted by molar-refractivity contribution is 0.628. The topological polar surface area (TPSA) is 56.7 Å². The monoisotopic (exact) mass is 152 g/mol. The van der Waals surface area contributed by atoms with Crippen LogP contribution in [0.15, 0.2) is 18.9 Å². The summed E-state index contributed by atoms with van der Waals surface area (Å²) in [6.07, 6.45) is 4.34. The van der Waals surface area contributed by atoms with Crippen molar-refractivity contribution in [3.63, 3.8) is 0 Å². The zero-order chi connectivity index (χ0) is 8.10. The van der Waals surface area contributed by atoms with Gasteiger partial charge in [-0.3, -0.25) is 0 Å². The Morgan fingerprint density at radius 3 is 3.18 bits per heavy atom. The zero-order valence-corrected chi connectivity index (χ0v) is 6.40. The number of nitrogens with two attached hydrogens (primary N) is 1. The summed E-state index contributed by atoms with van der Waals surface area (Å²) in [5.41, 5.74) is 6.45. The van der Waals surface area contributed by atoms with E-state index < -0.39 is 0 Å². The molecule has 0 aliphatic rings. The first-order valence-corrected chi connectivity index (χ1v) is 3.57. The maximum Gasteiger partial charge on any atom is 0.0725 e. The van der Waals surface area contributed by atoms with Crippen molar-refractivity contribution in [1.29, 1.82) is 0 Å². The smallest absolute Gasteiger partial charge is 0.0725 e. The van der Waals surface area contributed by atoms with Gasteiger partial charge >= 0.3 is 0 Å². The number of hydrogen-bond acceptors (Lipinski definition) is 3. The molecule has 4 nitrogen and oxygen atoms in total. The third-order valence-corrected chi connectivity index (χ3v) is 1.40. The molecule has 60 valence electrons. The summed E-state index contributed by atoms with van der Waals surface area (Å²) in [7, 11) is 0. The fourth-order valence-electron chi connectivity index (χ4n) is 0.896. The van der Waals surface area contributed by atoms with Crippen molar-refractivity contribution in [2.24, 2.45) is 5.73 Å². The van der Waals surface area contributed by atoms with Crippen LogP contribution in [-0.4, -0.2) is 21.5 Å². The van der Waals surface area contributed by atoms with E-state index in [2.05, 4.69) is 16.9 Å². The minimum absolute atomic E-state index is 0.629. The molecule has 4 heteroatoms. The van der Waals surface area contributed by atoms with E-state index in [4.69, 9.17) is 5.73 Å². The van der Waals surface area contributed by atoms with Crippen LogP contribution in [0.1, 0.15) is 5.69 Å². The molecule has 0 fully saturated rings. The summed E-state index contributed by atoms with van der Waals surface area (Å²) < 4.78 is 1.79. The predicted octanol–water partition coefficient (Wildman–Crippen LogP) is -0.0347. The van der Waals surface area contributed by atoms with Gasteiger partial charge in [0, 0.05) is 6.42 Å². The molecular formula is C7H12N4. The Labute approximate surface area is 65.7 Å². The number of hydrogen-bond donors (Lipinski definition) is 1. The summed E-state index contributed by atoms with van der Waals surface area (Å²) in [4.78, 5) is 0. The maximum absolute atomic E-state index is 5.39. The van der Waals surface area contributed by atoms with Crippen LogP contribution >= 0.6 is 0 Å². The Bertz CT molecular complexity index is 228. The van der Waals surface area contributed by atoms with E-state index in [0.29, 0.717) is 13.1 Å². The Morgan fingerprint density at radius 2 is 2.55 bits per heavy atom. The molecular weight excluding hydrogens is 140 g/mol. The SMILES string of the molecule is C=CCn1nncc1CCN. The summed E-state index contributed by atoms with van der Waals surface area (Å²) >= 11 is 0. The van der Waals surface area contributed by atoms with Gasteiger partial charge in [-0.1, -0.05) is 11.3 Å². The molecule has 0 amide bonds. The Hall–Kier alpha value is -1.16. The molecule has 0 radical (unpaired) electrons. The van der Waals surface area contributed by atoms with Crippen LogP contribution in [0.5, 0.6) is 0 Å². The van der Waals surface area contributed by atoms with Crippen molar-refractivity contribution < 1.29 is 0 Å². The number of rotatable bonds is 4. The van der Waals surface area contributed by atoms with E-state index >= 15 is 0 Å². The highest BCUT2D eigenvalue weighted by Gasteiger charge is 1.99. The largest absolute Gasteiger partial charge is 0.330 e. The van der Waals surface area contributed by atoms with Crippen LogP contribution in [0.25, 0.3) is 0 Å². The first kappa shape index (κ1) is 7.94. The van der Waals surface area contributed by atoms with Crippen molar-refractivity contribution in [2.75, 3.05) is 6.54 Å². The molecule has 11 heavy (non-hydrogen) atoms. The fraction of sp³-hybridized carbons (Fsp3) is 0.429. The minimum atomic E-state index is 0.629. The third-order valence-electron chi connectivity index (χ3n) is 1.40. The van der Waals surface area contributed by atoms with Gasteiger partial charge in [0.2, 0.25) is 0 Å². The minimum Gasteiger partial charge on any atom is -0.330 e. The lowest BCUT2D eigenvalue weighted by Crippen LogP contribution is -2.09. The van der Waals surface area contributed by atoms with Gasteiger partial charge in [0.15, 0.2) is 0 Å². The highest BCUT2D eigenvalue weighted by atomic mass is 15.4. The molecule has 0 atom stereocenters. The van der Waals surface area contributed by atoms with Gasteiger partial charge < -0.3 is 5.73 Å². The van der Waals surface area contributed by atoms with Crippen LogP contribution < -0.4 is 5.73 Å². The van der Waals surface area contributed by atoms with Crippen molar-refractivity contribution in [3.05, 3.63) is 24.5 Å². The molecule has 0 saturated carbocycles. The zero-order valence-electron chi connectivity index (χ0n) is 6.40. The van der Waals surface area contributed by atoms with Crippen LogP contribution in [0.4, 0.5) is 0 Å². The second kappa shape index (κ2) is 3.88. The third kappa shape index (κ3) is 1.88. The lowest BCUT2D eigenvalue weighted by Gasteiger charge is -1.99.